The average Bonchev–Trinajstić information content (AvgIpc) is 2.93. The molecular weight excluding hydrogens is 274 g/mol. The van der Waals surface area contributed by atoms with E-state index in [0.717, 1.165) is 29.5 Å². The van der Waals surface area contributed by atoms with E-state index < -0.39 is 5.54 Å². The van der Waals surface area contributed by atoms with Crippen LogP contribution in [0.2, 0.25) is 0 Å². The third-order valence-corrected chi connectivity index (χ3v) is 4.14. The van der Waals surface area contributed by atoms with E-state index in [1.807, 2.05) is 18.4 Å². The Morgan fingerprint density at radius 3 is 3.00 bits per heavy atom. The fourth-order valence-corrected chi connectivity index (χ4v) is 2.79. The zero-order valence-electron chi connectivity index (χ0n) is 11.7. The summed E-state index contributed by atoms with van der Waals surface area (Å²) in [5.74, 6) is -0.261. The van der Waals surface area contributed by atoms with E-state index in [2.05, 4.69) is 22.2 Å². The lowest BCUT2D eigenvalue weighted by molar-refractivity contribution is 0.0835. The highest BCUT2D eigenvalue weighted by atomic mass is 32.1. The fourth-order valence-electron chi connectivity index (χ4n) is 2.05. The number of carbonyl (C=O) groups is 1. The van der Waals surface area contributed by atoms with Crippen molar-refractivity contribution in [1.29, 1.82) is 0 Å². The van der Waals surface area contributed by atoms with Gasteiger partial charge in [-0.2, -0.15) is 0 Å². The standard InChI is InChI=1S/C14H19N3O2S/c1-3-4-6-14(2,8-18)17-12(19)11-10-5-7-20-13(10)16-9-15-11/h5,7,9,18H,3-4,6,8H2,1-2H3,(H,17,19). The summed E-state index contributed by atoms with van der Waals surface area (Å²) in [6.07, 6.45) is 4.11. The minimum atomic E-state index is -0.611. The number of aliphatic hydroxyl groups excluding tert-OH is 1. The van der Waals surface area contributed by atoms with Crippen molar-refractivity contribution in [3.05, 3.63) is 23.5 Å². The maximum atomic E-state index is 12.4. The first-order chi connectivity index (χ1) is 9.59. The Morgan fingerprint density at radius 1 is 1.50 bits per heavy atom. The molecule has 2 aromatic rings. The van der Waals surface area contributed by atoms with E-state index >= 15 is 0 Å². The molecule has 2 rings (SSSR count). The summed E-state index contributed by atoms with van der Waals surface area (Å²) in [6, 6.07) is 1.84. The van der Waals surface area contributed by atoms with Crippen molar-refractivity contribution < 1.29 is 9.90 Å². The number of aliphatic hydroxyl groups is 1. The van der Waals surface area contributed by atoms with Gasteiger partial charge in [0.2, 0.25) is 0 Å². The number of thiophene rings is 1. The molecule has 0 aromatic carbocycles. The lowest BCUT2D eigenvalue weighted by Crippen LogP contribution is -2.49. The Kier molecular flexibility index (Phi) is 4.67. The lowest BCUT2D eigenvalue weighted by Gasteiger charge is -2.28. The number of unbranched alkanes of at least 4 members (excludes halogenated alkanes) is 1. The van der Waals surface area contributed by atoms with Crippen molar-refractivity contribution in [3.8, 4) is 0 Å². The first-order valence-corrected chi connectivity index (χ1v) is 7.59. The van der Waals surface area contributed by atoms with Crippen molar-refractivity contribution in [3.63, 3.8) is 0 Å². The van der Waals surface area contributed by atoms with Gasteiger partial charge in [0.15, 0.2) is 0 Å². The maximum absolute atomic E-state index is 12.4. The summed E-state index contributed by atoms with van der Waals surface area (Å²) in [7, 11) is 0. The summed E-state index contributed by atoms with van der Waals surface area (Å²) in [5, 5.41) is 15.1. The van der Waals surface area contributed by atoms with Gasteiger partial charge in [0.05, 0.1) is 12.1 Å². The van der Waals surface area contributed by atoms with Gasteiger partial charge in [0.1, 0.15) is 16.9 Å². The largest absolute Gasteiger partial charge is 0.394 e. The molecule has 5 nitrogen and oxygen atoms in total. The molecule has 0 bridgehead atoms. The molecule has 1 atom stereocenters. The van der Waals surface area contributed by atoms with Gasteiger partial charge in [-0.1, -0.05) is 19.8 Å². The minimum Gasteiger partial charge on any atom is -0.394 e. The Hall–Kier alpha value is -1.53. The summed E-state index contributed by atoms with van der Waals surface area (Å²) in [5.41, 5.74) is -0.243. The van der Waals surface area contributed by atoms with Crippen molar-refractivity contribution in [1.82, 2.24) is 15.3 Å². The molecule has 2 heterocycles. The smallest absolute Gasteiger partial charge is 0.271 e. The van der Waals surface area contributed by atoms with Crippen LogP contribution in [0.5, 0.6) is 0 Å². The van der Waals surface area contributed by atoms with Crippen LogP contribution in [0, 0.1) is 0 Å². The van der Waals surface area contributed by atoms with Gasteiger partial charge in [0, 0.05) is 5.39 Å². The van der Waals surface area contributed by atoms with Gasteiger partial charge in [-0.25, -0.2) is 9.97 Å². The molecule has 0 radical (unpaired) electrons. The zero-order chi connectivity index (χ0) is 14.6. The fraction of sp³-hybridized carbons (Fsp3) is 0.500. The van der Waals surface area contributed by atoms with Gasteiger partial charge in [0.25, 0.3) is 5.91 Å². The summed E-state index contributed by atoms with van der Waals surface area (Å²) < 4.78 is 0. The van der Waals surface area contributed by atoms with Crippen LogP contribution in [0.25, 0.3) is 10.2 Å². The van der Waals surface area contributed by atoms with E-state index in [0.29, 0.717) is 5.69 Å². The molecule has 0 aliphatic carbocycles. The number of hydrogen-bond donors (Lipinski definition) is 2. The molecule has 0 fully saturated rings. The molecule has 0 saturated heterocycles. The zero-order valence-corrected chi connectivity index (χ0v) is 12.5. The molecule has 0 saturated carbocycles. The molecule has 1 unspecified atom stereocenters. The van der Waals surface area contributed by atoms with Gasteiger partial charge < -0.3 is 10.4 Å². The summed E-state index contributed by atoms with van der Waals surface area (Å²) in [4.78, 5) is 21.4. The molecule has 0 spiro atoms. The second-order valence-electron chi connectivity index (χ2n) is 5.14. The van der Waals surface area contributed by atoms with E-state index in [1.165, 1.54) is 17.7 Å². The van der Waals surface area contributed by atoms with E-state index in [-0.39, 0.29) is 12.5 Å². The third kappa shape index (κ3) is 3.13. The van der Waals surface area contributed by atoms with Gasteiger partial charge in [-0.15, -0.1) is 11.3 Å². The quantitative estimate of drug-likeness (QED) is 0.857. The second kappa shape index (κ2) is 6.28. The number of nitrogens with one attached hydrogen (secondary N) is 1. The van der Waals surface area contributed by atoms with Crippen LogP contribution in [0.1, 0.15) is 43.6 Å². The maximum Gasteiger partial charge on any atom is 0.271 e. The Labute approximate surface area is 122 Å². The molecular formula is C14H19N3O2S. The predicted molar refractivity (Wildman–Crippen MR) is 79.9 cm³/mol. The van der Waals surface area contributed by atoms with E-state index in [9.17, 15) is 9.90 Å². The highest BCUT2D eigenvalue weighted by Crippen LogP contribution is 2.21. The normalized spacial score (nSPS) is 14.2. The number of nitrogens with zero attached hydrogens (tertiary/aromatic N) is 2. The molecule has 2 N–H and O–H groups in total. The molecule has 1 amide bonds. The highest BCUT2D eigenvalue weighted by molar-refractivity contribution is 7.16. The van der Waals surface area contributed by atoms with Crippen LogP contribution in [0.3, 0.4) is 0 Å². The first-order valence-electron chi connectivity index (χ1n) is 6.71. The van der Waals surface area contributed by atoms with Crippen LogP contribution in [0.4, 0.5) is 0 Å². The van der Waals surface area contributed by atoms with Crippen molar-refractivity contribution in [2.75, 3.05) is 6.61 Å². The monoisotopic (exact) mass is 293 g/mol. The predicted octanol–water partition coefficient (Wildman–Crippen LogP) is 2.36. The van der Waals surface area contributed by atoms with Gasteiger partial charge in [-0.05, 0) is 24.8 Å². The number of fused-ring (bicyclic) bond motifs is 1. The summed E-state index contributed by atoms with van der Waals surface area (Å²) >= 11 is 1.48. The molecule has 0 aliphatic heterocycles. The third-order valence-electron chi connectivity index (χ3n) is 3.32. The molecule has 108 valence electrons. The summed E-state index contributed by atoms with van der Waals surface area (Å²) in [6.45, 7) is 3.85. The topological polar surface area (TPSA) is 75.1 Å². The van der Waals surface area contributed by atoms with Crippen LogP contribution < -0.4 is 5.32 Å². The van der Waals surface area contributed by atoms with Crippen LogP contribution in [0.15, 0.2) is 17.8 Å². The number of carbonyl (C=O) groups excluding carboxylic acids is 1. The first kappa shape index (κ1) is 14.9. The number of aromatic nitrogens is 2. The van der Waals surface area contributed by atoms with Crippen molar-refractivity contribution >= 4 is 27.5 Å². The Bertz CT molecular complexity index is 599. The minimum absolute atomic E-state index is 0.0867. The van der Waals surface area contributed by atoms with E-state index in [4.69, 9.17) is 0 Å². The van der Waals surface area contributed by atoms with Crippen LogP contribution >= 0.6 is 11.3 Å². The number of hydrogen-bond acceptors (Lipinski definition) is 5. The van der Waals surface area contributed by atoms with Gasteiger partial charge >= 0.3 is 0 Å². The SMILES string of the molecule is CCCCC(C)(CO)NC(=O)c1ncnc2sccc12. The number of amides is 1. The molecule has 6 heteroatoms. The number of rotatable bonds is 6. The molecule has 0 aliphatic rings. The van der Waals surface area contributed by atoms with Gasteiger partial charge in [-0.3, -0.25) is 4.79 Å². The Morgan fingerprint density at radius 2 is 2.30 bits per heavy atom. The van der Waals surface area contributed by atoms with E-state index in [1.54, 1.807) is 0 Å². The van der Waals surface area contributed by atoms with Crippen molar-refractivity contribution in [2.24, 2.45) is 0 Å². The van der Waals surface area contributed by atoms with Crippen LogP contribution in [-0.2, 0) is 0 Å². The van der Waals surface area contributed by atoms with Crippen molar-refractivity contribution in [2.45, 2.75) is 38.6 Å². The molecule has 2 aromatic heterocycles. The lowest BCUT2D eigenvalue weighted by atomic mass is 9.95. The second-order valence-corrected chi connectivity index (χ2v) is 6.03. The Balaban J connectivity index is 2.20. The average molecular weight is 293 g/mol. The van der Waals surface area contributed by atoms with Crippen LogP contribution in [-0.4, -0.2) is 33.1 Å². The highest BCUT2D eigenvalue weighted by Gasteiger charge is 2.26. The molecule has 20 heavy (non-hydrogen) atoms.